The lowest BCUT2D eigenvalue weighted by atomic mass is 10.1. The zero-order chi connectivity index (χ0) is 9.84. The molecule has 12 heavy (non-hydrogen) atoms. The van der Waals surface area contributed by atoms with Gasteiger partial charge in [0, 0.05) is 0 Å². The highest BCUT2D eigenvalue weighted by molar-refractivity contribution is 5.91. The van der Waals surface area contributed by atoms with E-state index in [-0.39, 0.29) is 11.1 Å². The predicted octanol–water partition coefficient (Wildman–Crippen LogP) is 1.08. The molecule has 4 nitrogen and oxygen atoms in total. The lowest BCUT2D eigenvalue weighted by molar-refractivity contribution is 0.0681. The van der Waals surface area contributed by atoms with Crippen LogP contribution in [-0.4, -0.2) is 22.2 Å². The zero-order valence-corrected chi connectivity index (χ0v) is 5.98. The highest BCUT2D eigenvalue weighted by atomic mass is 16.4. The maximum atomic E-state index is 10.7. The Labute approximate surface area is 69.6 Å². The molecule has 0 aliphatic heterocycles. The summed E-state index contributed by atoms with van der Waals surface area (Å²) in [5, 5.41) is 12.2. The van der Waals surface area contributed by atoms with Crippen LogP contribution in [0.4, 0.5) is 0 Å². The second-order valence-corrected chi connectivity index (χ2v) is 2.17. The van der Waals surface area contributed by atoms with E-state index < -0.39 is 11.9 Å². The second-order valence-electron chi connectivity index (χ2n) is 2.17. The molecule has 0 heterocycles. The largest absolute Gasteiger partial charge is 0.478 e. The van der Waals surface area contributed by atoms with E-state index in [0.29, 0.717) is 0 Å². The van der Waals surface area contributed by atoms with Crippen LogP contribution in [0.1, 0.15) is 20.7 Å². The fourth-order valence-electron chi connectivity index (χ4n) is 0.749. The Kier molecular flexibility index (Phi) is 1.74. The predicted molar refractivity (Wildman–Crippen MR) is 40.4 cm³/mol. The Balaban J connectivity index is 2.93. The molecule has 0 aromatic heterocycles. The summed E-state index contributed by atoms with van der Waals surface area (Å²) >= 11 is 0. The highest BCUT2D eigenvalue weighted by Crippen LogP contribution is 2.03. The fourth-order valence-corrected chi connectivity index (χ4v) is 0.749. The molecule has 2 N–H and O–H groups in total. The van der Waals surface area contributed by atoms with Crippen LogP contribution in [0.2, 0.25) is 0 Å². The summed E-state index contributed by atoms with van der Waals surface area (Å²) in [5.74, 6) is -1.87. The third kappa shape index (κ3) is 1.60. The Bertz CT molecular complexity index is 331. The van der Waals surface area contributed by atoms with Gasteiger partial charge in [-0.15, -0.1) is 0 Å². The molecule has 1 aromatic rings. The van der Waals surface area contributed by atoms with Crippen molar-refractivity contribution in [1.82, 2.24) is 0 Å². The maximum Gasteiger partial charge on any atom is 0.335 e. The first kappa shape index (κ1) is 6.84. The van der Waals surface area contributed by atoms with Gasteiger partial charge in [0.25, 0.3) is 1.43 Å². The first-order valence-electron chi connectivity index (χ1n) is 3.57. The minimum absolute atomic E-state index is 0.0848. The molecule has 62 valence electrons. The molecule has 0 spiro atoms. The third-order valence-corrected chi connectivity index (χ3v) is 1.37. The van der Waals surface area contributed by atoms with Crippen molar-refractivity contribution in [3.8, 4) is 0 Å². The van der Waals surface area contributed by atoms with E-state index in [1.54, 1.807) is 0 Å². The number of benzene rings is 1. The quantitative estimate of drug-likeness (QED) is 0.691. The van der Waals surface area contributed by atoms with Gasteiger partial charge in [0.15, 0.2) is 0 Å². The van der Waals surface area contributed by atoms with Crippen LogP contribution in [0.5, 0.6) is 0 Å². The first-order valence-corrected chi connectivity index (χ1v) is 3.16. The lowest BCUT2D eigenvalue weighted by Gasteiger charge is -1.94. The van der Waals surface area contributed by atoms with Gasteiger partial charge in [-0.3, -0.25) is 0 Å². The number of hydrogen-bond acceptors (Lipinski definition) is 3. The number of carboxylic acids is 2. The van der Waals surface area contributed by atoms with Crippen molar-refractivity contribution in [1.29, 1.82) is 1.43 Å². The number of aromatic carboxylic acids is 2. The standard InChI is InChI=1S/C8H6O4/c9-7(10)5-1-2-6(4-3-5)8(11)12/h1-4H,(H,9,10)(H,11,12)/i/hD. The van der Waals surface area contributed by atoms with E-state index in [2.05, 4.69) is 5.11 Å². The van der Waals surface area contributed by atoms with Crippen molar-refractivity contribution in [3.05, 3.63) is 35.4 Å². The Morgan fingerprint density at radius 2 is 1.50 bits per heavy atom. The summed E-state index contributed by atoms with van der Waals surface area (Å²) in [5.41, 5.74) is 0.238. The minimum Gasteiger partial charge on any atom is -0.478 e. The normalized spacial score (nSPS) is 10.2. The summed E-state index contributed by atoms with van der Waals surface area (Å²) in [4.78, 5) is 21.1. The van der Waals surface area contributed by atoms with Crippen molar-refractivity contribution in [2.45, 2.75) is 0 Å². The van der Waals surface area contributed by atoms with Crippen LogP contribution < -0.4 is 0 Å². The minimum atomic E-state index is -1.06. The van der Waals surface area contributed by atoms with Gasteiger partial charge in [-0.2, -0.15) is 0 Å². The van der Waals surface area contributed by atoms with Gasteiger partial charge in [-0.25, -0.2) is 9.59 Å². The Morgan fingerprint density at radius 1 is 1.08 bits per heavy atom. The summed E-state index contributed by atoms with van der Waals surface area (Å²) in [7, 11) is 0. The van der Waals surface area contributed by atoms with Gasteiger partial charge < -0.3 is 10.2 Å². The van der Waals surface area contributed by atoms with Crippen LogP contribution in [0.3, 0.4) is 0 Å². The molecule has 1 rings (SSSR count). The van der Waals surface area contributed by atoms with Gasteiger partial charge in [0.05, 0.1) is 11.1 Å². The van der Waals surface area contributed by atoms with Crippen molar-refractivity contribution in [2.24, 2.45) is 0 Å². The van der Waals surface area contributed by atoms with E-state index in [0.717, 1.165) is 0 Å². The van der Waals surface area contributed by atoms with Crippen molar-refractivity contribution >= 4 is 11.9 Å². The Morgan fingerprint density at radius 3 is 1.83 bits per heavy atom. The van der Waals surface area contributed by atoms with E-state index in [4.69, 9.17) is 6.54 Å². The van der Waals surface area contributed by atoms with Crippen LogP contribution in [-0.2, 0) is 0 Å². The monoisotopic (exact) mass is 167 g/mol. The number of rotatable bonds is 2. The van der Waals surface area contributed by atoms with E-state index in [9.17, 15) is 9.59 Å². The molecule has 0 radical (unpaired) electrons. The smallest absolute Gasteiger partial charge is 0.335 e. The highest BCUT2D eigenvalue weighted by Gasteiger charge is 2.04. The topological polar surface area (TPSA) is 74.6 Å². The van der Waals surface area contributed by atoms with E-state index >= 15 is 0 Å². The number of carbonyl (C=O) groups is 2. The molecule has 1 aromatic carbocycles. The molecule has 0 atom stereocenters. The molecule has 0 fully saturated rings. The number of carboxylic acid groups (broad SMARTS) is 2. The first-order chi connectivity index (χ1) is 6.15. The van der Waals surface area contributed by atoms with E-state index in [1.807, 2.05) is 0 Å². The molecule has 0 amide bonds. The van der Waals surface area contributed by atoms with Gasteiger partial charge in [0.2, 0.25) is 0 Å². The molecule has 0 unspecified atom stereocenters. The molecule has 0 aliphatic rings. The molecule has 0 saturated heterocycles. The Hall–Kier alpha value is -1.84. The van der Waals surface area contributed by atoms with Crippen molar-refractivity contribution in [2.75, 3.05) is 0 Å². The van der Waals surface area contributed by atoms with E-state index in [1.165, 1.54) is 24.3 Å². The van der Waals surface area contributed by atoms with Gasteiger partial charge in [-0.1, -0.05) is 0 Å². The molecule has 0 aliphatic carbocycles. The van der Waals surface area contributed by atoms with Crippen molar-refractivity contribution in [3.63, 3.8) is 0 Å². The maximum absolute atomic E-state index is 10.7. The average molecular weight is 167 g/mol. The summed E-state index contributed by atoms with van der Waals surface area (Å²) in [6, 6.07) is 5.13. The second kappa shape index (κ2) is 3.04. The summed E-state index contributed by atoms with van der Waals surface area (Å²) in [6.45, 7) is 0. The van der Waals surface area contributed by atoms with Gasteiger partial charge in [0.1, 0.15) is 0 Å². The third-order valence-electron chi connectivity index (χ3n) is 1.37. The van der Waals surface area contributed by atoms with Crippen LogP contribution >= 0.6 is 0 Å². The van der Waals surface area contributed by atoms with Crippen LogP contribution in [0.25, 0.3) is 1.43 Å². The summed E-state index contributed by atoms with van der Waals surface area (Å²) in [6.07, 6.45) is 0. The zero-order valence-electron chi connectivity index (χ0n) is 6.98. The molecule has 4 heteroatoms. The van der Waals surface area contributed by atoms with Crippen molar-refractivity contribution < 1.29 is 19.8 Å². The fraction of sp³-hybridized carbons (Fsp3) is 0. The molecule has 0 bridgehead atoms. The summed E-state index contributed by atoms with van der Waals surface area (Å²) < 4.78 is 6.32. The van der Waals surface area contributed by atoms with Gasteiger partial charge >= 0.3 is 11.9 Å². The molecule has 0 saturated carbocycles. The average Bonchev–Trinajstić information content (AvgIpc) is 2.17. The van der Waals surface area contributed by atoms with Gasteiger partial charge in [-0.05, 0) is 24.3 Å². The van der Waals surface area contributed by atoms with Crippen LogP contribution in [0.15, 0.2) is 24.3 Å². The molecular weight excluding hydrogens is 160 g/mol. The van der Waals surface area contributed by atoms with Crippen LogP contribution in [0, 0.1) is 0 Å². The number of hydrogen-bond donors (Lipinski definition) is 2. The molecular formula is C8H6O4. The SMILES string of the molecule is [2H]OC(=O)c1ccc(C(=O)O)cc1. The lowest BCUT2D eigenvalue weighted by Crippen LogP contribution is -1.99.